The number of anilines is 2. The molecule has 180 valence electrons. The number of methoxy groups -OCH3 is 1. The molecule has 1 saturated heterocycles. The zero-order valence-corrected chi connectivity index (χ0v) is 19.2. The largest absolute Gasteiger partial charge is 0.493 e. The lowest BCUT2D eigenvalue weighted by molar-refractivity contribution is -0.162. The summed E-state index contributed by atoms with van der Waals surface area (Å²) >= 11 is 0. The maximum atomic E-state index is 14.5. The minimum Gasteiger partial charge on any atom is -0.493 e. The molecule has 0 saturated carbocycles. The summed E-state index contributed by atoms with van der Waals surface area (Å²) in [4.78, 5) is 17.6. The molecule has 5 rings (SSSR count). The first-order valence-corrected chi connectivity index (χ1v) is 11.0. The number of hydrogen-bond acceptors (Lipinski definition) is 7. The van der Waals surface area contributed by atoms with Crippen LogP contribution in [0.15, 0.2) is 65.3 Å². The molecule has 0 bridgehead atoms. The van der Waals surface area contributed by atoms with Crippen molar-refractivity contribution in [3.8, 4) is 5.75 Å². The Morgan fingerprint density at radius 2 is 2.00 bits per heavy atom. The van der Waals surface area contributed by atoms with E-state index in [0.29, 0.717) is 53.6 Å². The lowest BCUT2D eigenvalue weighted by atomic mass is 10.1. The van der Waals surface area contributed by atoms with Crippen LogP contribution in [0.3, 0.4) is 0 Å². The second-order valence-electron chi connectivity index (χ2n) is 8.23. The topological polar surface area (TPSA) is 94.3 Å². The van der Waals surface area contributed by atoms with Gasteiger partial charge in [-0.1, -0.05) is 6.07 Å². The number of nitrogens with zero attached hydrogens (tertiary/aromatic N) is 2. The number of furan rings is 1. The molecular weight excluding hydrogens is 455 g/mol. The maximum Gasteiger partial charge on any atom is 0.335 e. The minimum absolute atomic E-state index is 0.158. The monoisotopic (exact) mass is 478 g/mol. The third kappa shape index (κ3) is 4.31. The summed E-state index contributed by atoms with van der Waals surface area (Å²) in [5.41, 5.74) is 2.17. The Kier molecular flexibility index (Phi) is 5.88. The van der Waals surface area contributed by atoms with Gasteiger partial charge < -0.3 is 28.6 Å². The summed E-state index contributed by atoms with van der Waals surface area (Å²) in [5, 5.41) is 10.2. The summed E-state index contributed by atoms with van der Waals surface area (Å²) in [5.74, 6) is -1.97. The van der Waals surface area contributed by atoms with Gasteiger partial charge in [-0.15, -0.1) is 0 Å². The standard InChI is InChI=1S/C26H23FN2O6/c1-26(33-8-9-34-26)23-13-20-21(5-6-22(32-2)24(20)35-23)29(15-16-4-3-7-28-14-16)19-11-17(25(30)31)10-18(27)12-19/h3-7,10-14H,8-9,15H2,1-2H3,(H,30,31). The van der Waals surface area contributed by atoms with Crippen LogP contribution in [0.4, 0.5) is 15.8 Å². The second-order valence-corrected chi connectivity index (χ2v) is 8.23. The number of ether oxygens (including phenoxy) is 3. The Morgan fingerprint density at radius 3 is 2.69 bits per heavy atom. The highest BCUT2D eigenvalue weighted by atomic mass is 19.1. The molecule has 0 unspecified atom stereocenters. The third-order valence-corrected chi connectivity index (χ3v) is 5.93. The van der Waals surface area contributed by atoms with Gasteiger partial charge in [-0.2, -0.15) is 0 Å². The Morgan fingerprint density at radius 1 is 1.20 bits per heavy atom. The van der Waals surface area contributed by atoms with E-state index in [2.05, 4.69) is 4.98 Å². The van der Waals surface area contributed by atoms with Crippen molar-refractivity contribution < 1.29 is 32.9 Å². The van der Waals surface area contributed by atoms with Crippen LogP contribution in [0, 0.1) is 5.82 Å². The number of halogens is 1. The molecule has 2 aromatic heterocycles. The van der Waals surface area contributed by atoms with Crippen molar-refractivity contribution in [2.45, 2.75) is 19.3 Å². The van der Waals surface area contributed by atoms with Gasteiger partial charge in [0.15, 0.2) is 17.1 Å². The van der Waals surface area contributed by atoms with Gasteiger partial charge in [0.1, 0.15) is 5.82 Å². The first-order valence-electron chi connectivity index (χ1n) is 11.0. The fourth-order valence-corrected chi connectivity index (χ4v) is 4.20. The van der Waals surface area contributed by atoms with Crippen molar-refractivity contribution in [3.05, 3.63) is 83.6 Å². The van der Waals surface area contributed by atoms with E-state index in [1.807, 2.05) is 23.1 Å². The molecule has 1 N–H and O–H groups in total. The fourth-order valence-electron chi connectivity index (χ4n) is 4.20. The molecule has 0 atom stereocenters. The molecule has 3 heterocycles. The molecule has 1 aliphatic rings. The van der Waals surface area contributed by atoms with E-state index in [-0.39, 0.29) is 5.56 Å². The zero-order valence-electron chi connectivity index (χ0n) is 19.2. The van der Waals surface area contributed by atoms with E-state index in [1.165, 1.54) is 12.1 Å². The summed E-state index contributed by atoms with van der Waals surface area (Å²) < 4.78 is 37.8. The number of fused-ring (bicyclic) bond motifs is 1. The molecule has 0 radical (unpaired) electrons. The predicted molar refractivity (Wildman–Crippen MR) is 125 cm³/mol. The quantitative estimate of drug-likeness (QED) is 0.386. The number of hydrogen-bond donors (Lipinski definition) is 1. The number of aromatic carboxylic acids is 1. The van der Waals surface area contributed by atoms with Crippen LogP contribution in [-0.4, -0.2) is 36.4 Å². The normalized spacial score (nSPS) is 14.8. The molecule has 1 aliphatic heterocycles. The van der Waals surface area contributed by atoms with Crippen molar-refractivity contribution in [3.63, 3.8) is 0 Å². The van der Waals surface area contributed by atoms with Crippen LogP contribution >= 0.6 is 0 Å². The highest BCUT2D eigenvalue weighted by Gasteiger charge is 2.37. The number of carbonyl (C=O) groups is 1. The number of pyridine rings is 1. The van der Waals surface area contributed by atoms with Gasteiger partial charge in [-0.3, -0.25) is 4.98 Å². The van der Waals surface area contributed by atoms with Gasteiger partial charge in [-0.25, -0.2) is 9.18 Å². The van der Waals surface area contributed by atoms with Crippen LogP contribution in [0.2, 0.25) is 0 Å². The smallest absolute Gasteiger partial charge is 0.335 e. The van der Waals surface area contributed by atoms with Crippen LogP contribution in [0.25, 0.3) is 11.0 Å². The molecule has 0 aliphatic carbocycles. The molecular formula is C26H23FN2O6. The molecule has 0 spiro atoms. The Bertz CT molecular complexity index is 1380. The third-order valence-electron chi connectivity index (χ3n) is 5.93. The average Bonchev–Trinajstić information content (AvgIpc) is 3.50. The molecule has 9 heteroatoms. The van der Waals surface area contributed by atoms with E-state index in [0.717, 1.165) is 11.6 Å². The number of carboxylic acid groups (broad SMARTS) is 1. The zero-order chi connectivity index (χ0) is 24.6. The van der Waals surface area contributed by atoms with E-state index in [4.69, 9.17) is 18.6 Å². The summed E-state index contributed by atoms with van der Waals surface area (Å²) in [6.45, 7) is 2.95. The van der Waals surface area contributed by atoms with Gasteiger partial charge in [0.05, 0.1) is 31.6 Å². The summed E-state index contributed by atoms with van der Waals surface area (Å²) in [6.07, 6.45) is 3.36. The number of benzene rings is 2. The summed E-state index contributed by atoms with van der Waals surface area (Å²) in [7, 11) is 1.54. The van der Waals surface area contributed by atoms with Gasteiger partial charge in [0, 0.05) is 30.0 Å². The fraction of sp³-hybridized carbons (Fsp3) is 0.231. The SMILES string of the molecule is COc1ccc(N(Cc2cccnc2)c2cc(F)cc(C(=O)O)c2)c2cc(C3(C)OCCO3)oc12. The van der Waals surface area contributed by atoms with Crippen molar-refractivity contribution in [1.82, 2.24) is 4.98 Å². The van der Waals surface area contributed by atoms with E-state index in [1.54, 1.807) is 38.6 Å². The average molecular weight is 478 g/mol. The molecule has 4 aromatic rings. The number of aromatic nitrogens is 1. The van der Waals surface area contributed by atoms with Crippen LogP contribution in [-0.2, 0) is 21.8 Å². The Balaban J connectivity index is 1.71. The van der Waals surface area contributed by atoms with Gasteiger partial charge in [0.25, 0.3) is 0 Å². The maximum absolute atomic E-state index is 14.5. The minimum atomic E-state index is -1.22. The number of rotatable bonds is 7. The summed E-state index contributed by atoms with van der Waals surface area (Å²) in [6, 6.07) is 12.8. The molecule has 1 fully saturated rings. The van der Waals surface area contributed by atoms with Crippen molar-refractivity contribution >= 4 is 28.3 Å². The molecule has 2 aromatic carbocycles. The van der Waals surface area contributed by atoms with E-state index >= 15 is 0 Å². The molecule has 0 amide bonds. The Hall–Kier alpha value is -3.95. The Labute approximate surface area is 200 Å². The van der Waals surface area contributed by atoms with Crippen molar-refractivity contribution in [1.29, 1.82) is 0 Å². The van der Waals surface area contributed by atoms with E-state index < -0.39 is 17.6 Å². The van der Waals surface area contributed by atoms with Gasteiger partial charge in [-0.05, 0) is 55.0 Å². The van der Waals surface area contributed by atoms with Crippen molar-refractivity contribution in [2.75, 3.05) is 25.2 Å². The van der Waals surface area contributed by atoms with Crippen molar-refractivity contribution in [2.24, 2.45) is 0 Å². The highest BCUT2D eigenvalue weighted by Crippen LogP contribution is 2.43. The lowest BCUT2D eigenvalue weighted by Crippen LogP contribution is -2.21. The highest BCUT2D eigenvalue weighted by molar-refractivity contribution is 5.98. The van der Waals surface area contributed by atoms with Crippen LogP contribution in [0.1, 0.15) is 28.6 Å². The molecule has 8 nitrogen and oxygen atoms in total. The number of carboxylic acids is 1. The predicted octanol–water partition coefficient (Wildman–Crippen LogP) is 5.23. The first kappa shape index (κ1) is 22.8. The molecule has 35 heavy (non-hydrogen) atoms. The van der Waals surface area contributed by atoms with Crippen LogP contribution < -0.4 is 9.64 Å². The van der Waals surface area contributed by atoms with Crippen LogP contribution in [0.5, 0.6) is 5.75 Å². The first-order chi connectivity index (χ1) is 16.9. The lowest BCUT2D eigenvalue weighted by Gasteiger charge is -2.26. The van der Waals surface area contributed by atoms with Gasteiger partial charge >= 0.3 is 5.97 Å². The van der Waals surface area contributed by atoms with Gasteiger partial charge in [0.2, 0.25) is 5.79 Å². The second kappa shape index (κ2) is 9.01. The van der Waals surface area contributed by atoms with E-state index in [9.17, 15) is 14.3 Å².